The van der Waals surface area contributed by atoms with E-state index in [1.54, 1.807) is 41.1 Å². The molecule has 0 atom stereocenters. The van der Waals surface area contributed by atoms with Crippen LogP contribution in [0.3, 0.4) is 0 Å². The van der Waals surface area contributed by atoms with E-state index in [4.69, 9.17) is 11.6 Å². The van der Waals surface area contributed by atoms with Crippen LogP contribution in [0, 0.1) is 0 Å². The first-order valence-electron chi connectivity index (χ1n) is 7.65. The number of rotatable bonds is 5. The first-order valence-corrected chi connectivity index (χ1v) is 9.58. The van der Waals surface area contributed by atoms with Gasteiger partial charge >= 0.3 is 0 Å². The molecule has 8 heteroatoms. The van der Waals surface area contributed by atoms with Crippen molar-refractivity contribution in [3.8, 4) is 0 Å². The molecule has 0 aliphatic rings. The van der Waals surface area contributed by atoms with Gasteiger partial charge in [0.1, 0.15) is 0 Å². The number of benzene rings is 2. The van der Waals surface area contributed by atoms with Crippen LogP contribution in [0.15, 0.2) is 60.1 Å². The Morgan fingerprint density at radius 3 is 2.54 bits per heavy atom. The Labute approximate surface area is 156 Å². The molecule has 0 aliphatic heterocycles. The average molecular weight is 390 g/mol. The minimum absolute atomic E-state index is 0.382. The molecule has 1 amide bonds. The maximum absolute atomic E-state index is 12.3. The predicted octanol–water partition coefficient (Wildman–Crippen LogP) is 3.07. The third-order valence-electron chi connectivity index (χ3n) is 3.76. The number of nitrogens with zero attached hydrogens (tertiary/aromatic N) is 1. The zero-order valence-corrected chi connectivity index (χ0v) is 15.4. The Balaban J connectivity index is 1.70. The number of aromatic nitrogens is 1. The Morgan fingerprint density at radius 2 is 1.81 bits per heavy atom. The number of carbonyl (C=O) groups excluding carboxylic acids is 1. The number of carbonyl (C=O) groups is 1. The van der Waals surface area contributed by atoms with Gasteiger partial charge in [0.25, 0.3) is 15.9 Å². The van der Waals surface area contributed by atoms with Gasteiger partial charge in [-0.15, -0.1) is 4.83 Å². The highest BCUT2D eigenvalue weighted by Gasteiger charge is 2.15. The largest absolute Gasteiger partial charge is 0.350 e. The lowest BCUT2D eigenvalue weighted by molar-refractivity contribution is 0.0947. The number of nitrogens with one attached hydrogen (secondary N) is 2. The normalized spacial score (nSPS) is 11.9. The van der Waals surface area contributed by atoms with Crippen molar-refractivity contribution in [2.75, 3.05) is 0 Å². The van der Waals surface area contributed by atoms with Crippen LogP contribution < -0.4 is 10.3 Å². The first kappa shape index (κ1) is 18.2. The third-order valence-corrected chi connectivity index (χ3v) is 4.89. The van der Waals surface area contributed by atoms with E-state index < -0.39 is 15.9 Å². The summed E-state index contributed by atoms with van der Waals surface area (Å²) in [6.07, 6.45) is 3.06. The molecule has 26 heavy (non-hydrogen) atoms. The van der Waals surface area contributed by atoms with Crippen molar-refractivity contribution >= 4 is 44.5 Å². The van der Waals surface area contributed by atoms with Crippen molar-refractivity contribution in [1.29, 1.82) is 0 Å². The van der Waals surface area contributed by atoms with Gasteiger partial charge in [-0.25, -0.2) is 8.42 Å². The number of amides is 1. The van der Waals surface area contributed by atoms with Crippen molar-refractivity contribution in [2.24, 2.45) is 7.05 Å². The molecule has 0 spiro atoms. The molecule has 0 radical (unpaired) electrons. The Hall–Kier alpha value is -2.61. The molecule has 6 nitrogen and oxygen atoms in total. The molecule has 0 saturated carbocycles. The SMILES string of the molecule is Cn1cc(C(=O)NNS(=O)(=O)/C=C/c2ccc(Cl)cc2)c2ccccc21. The van der Waals surface area contributed by atoms with E-state index >= 15 is 0 Å². The maximum atomic E-state index is 12.3. The number of hydrogen-bond donors (Lipinski definition) is 2. The average Bonchev–Trinajstić information content (AvgIpc) is 2.97. The smallest absolute Gasteiger partial charge is 0.268 e. The molecule has 0 aliphatic carbocycles. The predicted molar refractivity (Wildman–Crippen MR) is 103 cm³/mol. The molecule has 1 aromatic heterocycles. The van der Waals surface area contributed by atoms with Crippen molar-refractivity contribution in [1.82, 2.24) is 14.8 Å². The molecular weight excluding hydrogens is 374 g/mol. The zero-order chi connectivity index (χ0) is 18.7. The summed E-state index contributed by atoms with van der Waals surface area (Å²) in [5.41, 5.74) is 4.15. The van der Waals surface area contributed by atoms with Gasteiger partial charge in [-0.3, -0.25) is 10.2 Å². The molecular formula is C18H16ClN3O3S. The first-order chi connectivity index (χ1) is 12.4. The highest BCUT2D eigenvalue weighted by molar-refractivity contribution is 7.92. The van der Waals surface area contributed by atoms with Gasteiger partial charge in [0, 0.05) is 34.6 Å². The molecule has 3 rings (SSSR count). The summed E-state index contributed by atoms with van der Waals surface area (Å²) < 4.78 is 25.9. The van der Waals surface area contributed by atoms with Crippen LogP contribution in [0.5, 0.6) is 0 Å². The summed E-state index contributed by atoms with van der Waals surface area (Å²) in [6, 6.07) is 14.1. The molecule has 0 fully saturated rings. The highest BCUT2D eigenvalue weighted by atomic mass is 35.5. The van der Waals surface area contributed by atoms with Gasteiger partial charge in [0.2, 0.25) is 0 Å². The molecule has 0 unspecified atom stereocenters. The standard InChI is InChI=1S/C18H16ClN3O3S/c1-22-12-16(15-4-2-3-5-17(15)22)18(23)20-21-26(24,25)11-10-13-6-8-14(19)9-7-13/h2-12,21H,1H3,(H,20,23)/b11-10+. The van der Waals surface area contributed by atoms with E-state index in [0.29, 0.717) is 16.1 Å². The van der Waals surface area contributed by atoms with E-state index in [2.05, 4.69) is 10.3 Å². The number of hydrogen-bond acceptors (Lipinski definition) is 3. The number of hydrazine groups is 1. The van der Waals surface area contributed by atoms with E-state index in [0.717, 1.165) is 16.3 Å². The molecule has 0 saturated heterocycles. The lowest BCUT2D eigenvalue weighted by Gasteiger charge is -2.05. The molecule has 2 aromatic carbocycles. The number of para-hydroxylation sites is 1. The summed E-state index contributed by atoms with van der Waals surface area (Å²) in [4.78, 5) is 14.4. The van der Waals surface area contributed by atoms with E-state index in [-0.39, 0.29) is 0 Å². The van der Waals surface area contributed by atoms with E-state index in [1.807, 2.05) is 25.2 Å². The van der Waals surface area contributed by atoms with Crippen molar-refractivity contribution < 1.29 is 13.2 Å². The fraction of sp³-hybridized carbons (Fsp3) is 0.0556. The molecule has 2 N–H and O–H groups in total. The molecule has 1 heterocycles. The lowest BCUT2D eigenvalue weighted by atomic mass is 10.2. The second-order valence-electron chi connectivity index (χ2n) is 5.63. The fourth-order valence-electron chi connectivity index (χ4n) is 2.48. The minimum atomic E-state index is -3.84. The van der Waals surface area contributed by atoms with Crippen LogP contribution in [0.4, 0.5) is 0 Å². The summed E-state index contributed by atoms with van der Waals surface area (Å²) in [5.74, 6) is -0.537. The van der Waals surface area contributed by atoms with Crippen LogP contribution in [0.1, 0.15) is 15.9 Å². The molecule has 134 valence electrons. The quantitative estimate of drug-likeness (QED) is 0.658. The second-order valence-corrected chi connectivity index (χ2v) is 7.63. The van der Waals surface area contributed by atoms with E-state index in [9.17, 15) is 13.2 Å². The van der Waals surface area contributed by atoms with Gasteiger partial charge in [0.05, 0.1) is 5.56 Å². The van der Waals surface area contributed by atoms with Crippen LogP contribution in [-0.4, -0.2) is 18.9 Å². The maximum Gasteiger partial charge on any atom is 0.268 e. The molecule has 0 bridgehead atoms. The van der Waals surface area contributed by atoms with Gasteiger partial charge in [-0.1, -0.05) is 41.9 Å². The summed E-state index contributed by atoms with van der Waals surface area (Å²) in [5, 5.41) is 2.27. The van der Waals surface area contributed by atoms with Crippen LogP contribution in [0.25, 0.3) is 17.0 Å². The topological polar surface area (TPSA) is 80.2 Å². The Kier molecular flexibility index (Phi) is 5.13. The Morgan fingerprint density at radius 1 is 1.12 bits per heavy atom. The lowest BCUT2D eigenvalue weighted by Crippen LogP contribution is -2.40. The zero-order valence-electron chi connectivity index (χ0n) is 13.8. The number of fused-ring (bicyclic) bond motifs is 1. The van der Waals surface area contributed by atoms with Crippen LogP contribution in [0.2, 0.25) is 5.02 Å². The van der Waals surface area contributed by atoms with Crippen molar-refractivity contribution in [3.63, 3.8) is 0 Å². The van der Waals surface area contributed by atoms with Crippen molar-refractivity contribution in [2.45, 2.75) is 0 Å². The second kappa shape index (κ2) is 7.33. The van der Waals surface area contributed by atoms with E-state index in [1.165, 1.54) is 6.08 Å². The number of halogens is 1. The summed E-state index contributed by atoms with van der Waals surface area (Å²) in [6.45, 7) is 0. The van der Waals surface area contributed by atoms with Gasteiger partial charge in [-0.2, -0.15) is 0 Å². The third kappa shape index (κ3) is 4.13. The summed E-state index contributed by atoms with van der Waals surface area (Å²) in [7, 11) is -2.02. The van der Waals surface area contributed by atoms with Crippen molar-refractivity contribution in [3.05, 3.63) is 76.3 Å². The van der Waals surface area contributed by atoms with Crippen LogP contribution >= 0.6 is 11.6 Å². The highest BCUT2D eigenvalue weighted by Crippen LogP contribution is 2.19. The summed E-state index contributed by atoms with van der Waals surface area (Å²) >= 11 is 5.78. The van der Waals surface area contributed by atoms with Gasteiger partial charge < -0.3 is 4.57 Å². The number of aryl methyl sites for hydroxylation is 1. The van der Waals surface area contributed by atoms with Gasteiger partial charge in [0.15, 0.2) is 0 Å². The van der Waals surface area contributed by atoms with Crippen LogP contribution in [-0.2, 0) is 17.1 Å². The minimum Gasteiger partial charge on any atom is -0.350 e. The monoisotopic (exact) mass is 389 g/mol. The number of sulfonamides is 1. The fourth-order valence-corrected chi connectivity index (χ4v) is 3.25. The molecule has 3 aromatic rings. The van der Waals surface area contributed by atoms with Gasteiger partial charge in [-0.05, 0) is 29.8 Å². The Bertz CT molecular complexity index is 1090.